The van der Waals surface area contributed by atoms with Crippen LogP contribution >= 0.6 is 0 Å². The Labute approximate surface area is 132 Å². The number of hydrogen-bond donors (Lipinski definition) is 1. The van der Waals surface area contributed by atoms with Crippen molar-refractivity contribution in [2.75, 3.05) is 0 Å². The van der Waals surface area contributed by atoms with E-state index >= 15 is 0 Å². The summed E-state index contributed by atoms with van der Waals surface area (Å²) in [7, 11) is 0. The average Bonchev–Trinajstić information content (AvgIpc) is 3.01. The van der Waals surface area contributed by atoms with E-state index in [1.165, 1.54) is 11.5 Å². The van der Waals surface area contributed by atoms with Crippen LogP contribution in [0.15, 0.2) is 30.3 Å². The smallest absolute Gasteiger partial charge is 0.392 e. The first-order valence-electron chi connectivity index (χ1n) is 7.11. The highest BCUT2D eigenvalue weighted by Gasteiger charge is 2.35. The van der Waals surface area contributed by atoms with Gasteiger partial charge in [-0.15, -0.1) is 0 Å². The lowest BCUT2D eigenvalue weighted by molar-refractivity contribution is -0.392. The summed E-state index contributed by atoms with van der Waals surface area (Å²) in [5, 5.41) is 21.8. The first-order chi connectivity index (χ1) is 10.9. The molecule has 1 aliphatic rings. The quantitative estimate of drug-likeness (QED) is 0.519. The molecule has 3 rings (SSSR count). The summed E-state index contributed by atoms with van der Waals surface area (Å²) in [6.07, 6.45) is -0.161. The molecule has 2 atom stereocenters. The number of hydrogen-bond acceptors (Lipinski definition) is 5. The third kappa shape index (κ3) is 2.76. The third-order valence-electron chi connectivity index (χ3n) is 3.59. The van der Waals surface area contributed by atoms with Gasteiger partial charge in [0.25, 0.3) is 0 Å². The predicted octanol–water partition coefficient (Wildman–Crippen LogP) is 1.83. The lowest BCUT2D eigenvalue weighted by atomic mass is 9.97. The van der Waals surface area contributed by atoms with Crippen molar-refractivity contribution < 1.29 is 14.8 Å². The molecule has 1 aromatic heterocycles. The molecule has 7 nitrogen and oxygen atoms in total. The molecule has 2 aromatic rings. The number of aliphatic hydroxyl groups is 1. The number of aromatic nitrogens is 2. The molecule has 7 heteroatoms. The van der Waals surface area contributed by atoms with E-state index in [9.17, 15) is 15.2 Å². The normalized spacial score (nSPS) is 18.3. The predicted molar refractivity (Wildman–Crippen MR) is 81.9 cm³/mol. The second-order valence-corrected chi connectivity index (χ2v) is 5.55. The van der Waals surface area contributed by atoms with Gasteiger partial charge in [0.05, 0.1) is 0 Å². The standard InChI is InChI=1S/C16H15N3O4/c1-11-10-18-14(19(21)22)13(17-15(18)23-11)8-9-16(2,20)12-6-4-3-5-7-12/h3-7,11,20H,10H2,1-2H3. The highest BCUT2D eigenvalue weighted by molar-refractivity contribution is 5.47. The maximum absolute atomic E-state index is 11.3. The van der Waals surface area contributed by atoms with Crippen LogP contribution in [0.3, 0.4) is 0 Å². The Hall–Kier alpha value is -2.85. The van der Waals surface area contributed by atoms with E-state index in [2.05, 4.69) is 16.8 Å². The van der Waals surface area contributed by atoms with Crippen LogP contribution < -0.4 is 4.74 Å². The monoisotopic (exact) mass is 313 g/mol. The van der Waals surface area contributed by atoms with Crippen LogP contribution in [0.1, 0.15) is 25.1 Å². The summed E-state index contributed by atoms with van der Waals surface area (Å²) in [5.41, 5.74) is -0.836. The Bertz CT molecular complexity index is 815. The molecule has 1 aromatic carbocycles. The summed E-state index contributed by atoms with van der Waals surface area (Å²) >= 11 is 0. The third-order valence-corrected chi connectivity index (χ3v) is 3.59. The molecule has 0 fully saturated rings. The molecular weight excluding hydrogens is 298 g/mol. The summed E-state index contributed by atoms with van der Waals surface area (Å²) < 4.78 is 6.81. The Morgan fingerprint density at radius 2 is 2.17 bits per heavy atom. The Morgan fingerprint density at radius 1 is 1.48 bits per heavy atom. The fourth-order valence-electron chi connectivity index (χ4n) is 2.44. The first kappa shape index (κ1) is 15.1. The number of nitrogens with zero attached hydrogens (tertiary/aromatic N) is 3. The zero-order valence-corrected chi connectivity index (χ0v) is 12.7. The van der Waals surface area contributed by atoms with Crippen molar-refractivity contribution in [1.29, 1.82) is 0 Å². The minimum Gasteiger partial charge on any atom is -0.440 e. The molecule has 2 heterocycles. The number of imidazole rings is 1. The maximum atomic E-state index is 11.3. The van der Waals surface area contributed by atoms with Gasteiger partial charge in [-0.1, -0.05) is 36.3 Å². The van der Waals surface area contributed by atoms with Crippen LogP contribution in [0, 0.1) is 22.0 Å². The summed E-state index contributed by atoms with van der Waals surface area (Å²) in [6, 6.07) is 9.06. The summed E-state index contributed by atoms with van der Waals surface area (Å²) in [6.45, 7) is 3.70. The molecule has 0 saturated heterocycles. The summed E-state index contributed by atoms with van der Waals surface area (Å²) in [4.78, 5) is 14.8. The van der Waals surface area contributed by atoms with E-state index in [-0.39, 0.29) is 23.6 Å². The highest BCUT2D eigenvalue weighted by Crippen LogP contribution is 2.30. The topological polar surface area (TPSA) is 90.4 Å². The number of nitro groups is 1. The fourth-order valence-corrected chi connectivity index (χ4v) is 2.44. The van der Waals surface area contributed by atoms with Crippen LogP contribution in [0.25, 0.3) is 0 Å². The molecule has 2 unspecified atom stereocenters. The molecular formula is C16H15N3O4. The van der Waals surface area contributed by atoms with Gasteiger partial charge in [0.1, 0.15) is 18.2 Å². The molecule has 0 amide bonds. The Balaban J connectivity index is 1.99. The van der Waals surface area contributed by atoms with E-state index in [1.807, 2.05) is 13.0 Å². The van der Waals surface area contributed by atoms with E-state index < -0.39 is 10.5 Å². The van der Waals surface area contributed by atoms with Gasteiger partial charge < -0.3 is 20.0 Å². The van der Waals surface area contributed by atoms with Gasteiger partial charge in [0, 0.05) is 0 Å². The zero-order chi connectivity index (χ0) is 16.6. The maximum Gasteiger partial charge on any atom is 0.392 e. The Kier molecular flexibility index (Phi) is 3.54. The van der Waals surface area contributed by atoms with Crippen molar-refractivity contribution in [1.82, 2.24) is 9.55 Å². The van der Waals surface area contributed by atoms with E-state index in [4.69, 9.17) is 4.74 Å². The fraction of sp³-hybridized carbons (Fsp3) is 0.312. The second kappa shape index (κ2) is 5.41. The van der Waals surface area contributed by atoms with Crippen molar-refractivity contribution in [2.24, 2.45) is 0 Å². The lowest BCUT2D eigenvalue weighted by Crippen LogP contribution is -2.18. The van der Waals surface area contributed by atoms with Gasteiger partial charge in [-0.3, -0.25) is 0 Å². The van der Waals surface area contributed by atoms with Crippen LogP contribution in [-0.4, -0.2) is 25.7 Å². The highest BCUT2D eigenvalue weighted by atomic mass is 16.6. The molecule has 0 spiro atoms. The first-order valence-corrected chi connectivity index (χ1v) is 7.11. The van der Waals surface area contributed by atoms with Crippen molar-refractivity contribution in [3.63, 3.8) is 0 Å². The zero-order valence-electron chi connectivity index (χ0n) is 12.7. The van der Waals surface area contributed by atoms with Gasteiger partial charge >= 0.3 is 11.8 Å². The average molecular weight is 313 g/mol. The largest absolute Gasteiger partial charge is 0.440 e. The number of benzene rings is 1. The molecule has 23 heavy (non-hydrogen) atoms. The molecule has 118 valence electrons. The van der Waals surface area contributed by atoms with E-state index in [1.54, 1.807) is 24.3 Å². The number of fused-ring (bicyclic) bond motifs is 1. The molecule has 0 aliphatic carbocycles. The molecule has 0 radical (unpaired) electrons. The Morgan fingerprint density at radius 3 is 2.83 bits per heavy atom. The molecule has 1 N–H and O–H groups in total. The molecule has 0 bridgehead atoms. The van der Waals surface area contributed by atoms with Crippen molar-refractivity contribution in [2.45, 2.75) is 32.1 Å². The summed E-state index contributed by atoms with van der Waals surface area (Å²) in [5.74, 6) is 5.07. The van der Waals surface area contributed by atoms with Gasteiger partial charge in [-0.2, -0.15) is 9.55 Å². The SMILES string of the molecule is CC1Cn2c(nc(C#CC(C)(O)c3ccccc3)c2[N+](=O)[O-])O1. The number of rotatable bonds is 2. The molecule has 0 saturated carbocycles. The van der Waals surface area contributed by atoms with Crippen molar-refractivity contribution in [3.05, 3.63) is 51.7 Å². The van der Waals surface area contributed by atoms with Gasteiger partial charge in [0.2, 0.25) is 5.69 Å². The van der Waals surface area contributed by atoms with Gasteiger partial charge in [-0.25, -0.2) is 0 Å². The van der Waals surface area contributed by atoms with Crippen LogP contribution in [-0.2, 0) is 12.1 Å². The van der Waals surface area contributed by atoms with Crippen LogP contribution in [0.2, 0.25) is 0 Å². The van der Waals surface area contributed by atoms with Crippen molar-refractivity contribution >= 4 is 5.82 Å². The van der Waals surface area contributed by atoms with Crippen molar-refractivity contribution in [3.8, 4) is 17.9 Å². The van der Waals surface area contributed by atoms with Gasteiger partial charge in [0.15, 0.2) is 0 Å². The van der Waals surface area contributed by atoms with Gasteiger partial charge in [-0.05, 0) is 30.3 Å². The minimum atomic E-state index is -1.43. The molecule has 1 aliphatic heterocycles. The van der Waals surface area contributed by atoms with Crippen LogP contribution in [0.4, 0.5) is 5.82 Å². The lowest BCUT2D eigenvalue weighted by Gasteiger charge is -2.16. The van der Waals surface area contributed by atoms with E-state index in [0.717, 1.165) is 0 Å². The number of ether oxygens (including phenoxy) is 1. The second-order valence-electron chi connectivity index (χ2n) is 5.55. The minimum absolute atomic E-state index is 0.00638. The van der Waals surface area contributed by atoms with E-state index in [0.29, 0.717) is 12.1 Å². The van der Waals surface area contributed by atoms with Crippen LogP contribution in [0.5, 0.6) is 6.01 Å².